The zero-order chi connectivity index (χ0) is 20.6. The predicted octanol–water partition coefficient (Wildman–Crippen LogP) is 2.98. The van der Waals surface area contributed by atoms with Crippen LogP contribution in [0.3, 0.4) is 0 Å². The van der Waals surface area contributed by atoms with E-state index >= 15 is 0 Å². The van der Waals surface area contributed by atoms with Crippen molar-refractivity contribution in [2.75, 3.05) is 12.4 Å². The summed E-state index contributed by atoms with van der Waals surface area (Å²) in [7, 11) is -2.85. The molecule has 28 heavy (non-hydrogen) atoms. The van der Waals surface area contributed by atoms with Crippen LogP contribution in [0.15, 0.2) is 36.4 Å². The molecule has 0 radical (unpaired) electrons. The van der Waals surface area contributed by atoms with E-state index in [1.807, 2.05) is 0 Å². The van der Waals surface area contributed by atoms with Crippen LogP contribution in [0.25, 0.3) is 0 Å². The molecule has 1 amide bonds. The van der Waals surface area contributed by atoms with Gasteiger partial charge in [-0.05, 0) is 42.3 Å². The summed E-state index contributed by atoms with van der Waals surface area (Å²) in [5.74, 6) is -3.54. The first-order chi connectivity index (χ1) is 13.1. The molecule has 1 fully saturated rings. The SMILES string of the molecule is CN1C(C(=O)Nc2ccc(F)c(Cl)c2)CC(c2ccc(F)c(F)c2)NS1(=O)=O. The zero-order valence-corrected chi connectivity index (χ0v) is 16.0. The number of likely N-dealkylation sites (N-methyl/N-ethyl adjacent to an activating group) is 1. The predicted molar refractivity (Wildman–Crippen MR) is 97.4 cm³/mol. The van der Waals surface area contributed by atoms with Gasteiger partial charge in [-0.15, -0.1) is 0 Å². The average molecular weight is 434 g/mol. The van der Waals surface area contributed by atoms with E-state index in [1.165, 1.54) is 25.2 Å². The third-order valence-electron chi connectivity index (χ3n) is 4.40. The molecular formula is C17H15ClF3N3O3S. The minimum Gasteiger partial charge on any atom is -0.325 e. The molecule has 3 rings (SSSR count). The second kappa shape index (κ2) is 7.70. The molecule has 2 atom stereocenters. The van der Waals surface area contributed by atoms with Crippen molar-refractivity contribution in [3.63, 3.8) is 0 Å². The highest BCUT2D eigenvalue weighted by atomic mass is 35.5. The quantitative estimate of drug-likeness (QED) is 0.781. The molecule has 2 aromatic carbocycles. The Morgan fingerprint density at radius 2 is 1.82 bits per heavy atom. The van der Waals surface area contributed by atoms with Gasteiger partial charge in [0.2, 0.25) is 5.91 Å². The number of carbonyl (C=O) groups excluding carboxylic acids is 1. The lowest BCUT2D eigenvalue weighted by Gasteiger charge is -2.36. The van der Waals surface area contributed by atoms with E-state index < -0.39 is 45.7 Å². The van der Waals surface area contributed by atoms with Gasteiger partial charge in [0, 0.05) is 12.7 Å². The van der Waals surface area contributed by atoms with E-state index in [0.717, 1.165) is 22.5 Å². The summed E-state index contributed by atoms with van der Waals surface area (Å²) in [6.45, 7) is 0. The first kappa shape index (κ1) is 20.6. The molecule has 11 heteroatoms. The molecule has 1 aliphatic rings. The smallest absolute Gasteiger partial charge is 0.280 e. The fraction of sp³-hybridized carbons (Fsp3) is 0.235. The standard InChI is InChI=1S/C17H15ClF3N3O3S/c1-24-16(17(25)22-10-3-5-12(19)11(18)7-10)8-15(23-28(24,26)27)9-2-4-13(20)14(21)6-9/h2-7,15-16,23H,8H2,1H3,(H,22,25). The Balaban J connectivity index is 1.86. The molecule has 1 heterocycles. The minimum absolute atomic E-state index is 0.0401. The van der Waals surface area contributed by atoms with Gasteiger partial charge in [-0.2, -0.15) is 17.4 Å². The molecule has 1 saturated heterocycles. The lowest BCUT2D eigenvalue weighted by molar-refractivity contribution is -0.120. The summed E-state index contributed by atoms with van der Waals surface area (Å²) in [6, 6.07) is 4.45. The number of hydrogen-bond acceptors (Lipinski definition) is 3. The first-order valence-corrected chi connectivity index (χ1v) is 9.86. The summed E-state index contributed by atoms with van der Waals surface area (Å²) in [5.41, 5.74) is 0.364. The fourth-order valence-corrected chi connectivity index (χ4v) is 4.31. The van der Waals surface area contributed by atoms with Crippen LogP contribution in [0.2, 0.25) is 5.02 Å². The van der Waals surface area contributed by atoms with Crippen LogP contribution in [0.4, 0.5) is 18.9 Å². The maximum atomic E-state index is 13.5. The molecule has 1 aliphatic heterocycles. The number of anilines is 1. The zero-order valence-electron chi connectivity index (χ0n) is 14.4. The van der Waals surface area contributed by atoms with Crippen molar-refractivity contribution >= 4 is 33.4 Å². The Morgan fingerprint density at radius 1 is 1.14 bits per heavy atom. The van der Waals surface area contributed by atoms with E-state index in [4.69, 9.17) is 11.6 Å². The van der Waals surface area contributed by atoms with Gasteiger partial charge < -0.3 is 5.32 Å². The highest BCUT2D eigenvalue weighted by Crippen LogP contribution is 2.29. The lowest BCUT2D eigenvalue weighted by Crippen LogP contribution is -2.55. The van der Waals surface area contributed by atoms with Gasteiger partial charge in [-0.1, -0.05) is 17.7 Å². The number of carbonyl (C=O) groups is 1. The topological polar surface area (TPSA) is 78.5 Å². The van der Waals surface area contributed by atoms with Crippen molar-refractivity contribution in [1.82, 2.24) is 9.03 Å². The van der Waals surface area contributed by atoms with Gasteiger partial charge in [0.15, 0.2) is 11.6 Å². The second-order valence-electron chi connectivity index (χ2n) is 6.23. The summed E-state index contributed by atoms with van der Waals surface area (Å²) < 4.78 is 67.9. The van der Waals surface area contributed by atoms with Gasteiger partial charge in [-0.3, -0.25) is 4.79 Å². The van der Waals surface area contributed by atoms with Crippen LogP contribution in [-0.2, 0) is 15.0 Å². The maximum absolute atomic E-state index is 13.5. The number of nitrogens with zero attached hydrogens (tertiary/aromatic N) is 1. The monoisotopic (exact) mass is 433 g/mol. The molecular weight excluding hydrogens is 419 g/mol. The second-order valence-corrected chi connectivity index (χ2v) is 8.40. The van der Waals surface area contributed by atoms with Crippen LogP contribution < -0.4 is 10.0 Å². The average Bonchev–Trinajstić information content (AvgIpc) is 2.62. The van der Waals surface area contributed by atoms with E-state index in [-0.39, 0.29) is 22.7 Å². The number of hydrogen-bond donors (Lipinski definition) is 2. The van der Waals surface area contributed by atoms with Crippen LogP contribution in [0, 0.1) is 17.5 Å². The molecule has 6 nitrogen and oxygen atoms in total. The summed E-state index contributed by atoms with van der Waals surface area (Å²) in [4.78, 5) is 12.6. The molecule has 0 aromatic heterocycles. The van der Waals surface area contributed by atoms with Gasteiger partial charge in [0.1, 0.15) is 11.9 Å². The van der Waals surface area contributed by atoms with Crippen molar-refractivity contribution in [2.24, 2.45) is 0 Å². The molecule has 2 unspecified atom stereocenters. The van der Waals surface area contributed by atoms with Crippen molar-refractivity contribution in [3.05, 3.63) is 64.4 Å². The Morgan fingerprint density at radius 3 is 2.46 bits per heavy atom. The molecule has 0 saturated carbocycles. The van der Waals surface area contributed by atoms with E-state index in [1.54, 1.807) is 0 Å². The lowest BCUT2D eigenvalue weighted by atomic mass is 9.99. The number of amides is 1. The first-order valence-electron chi connectivity index (χ1n) is 8.04. The Labute approximate surface area is 164 Å². The number of rotatable bonds is 3. The summed E-state index contributed by atoms with van der Waals surface area (Å²) in [5, 5.41) is 2.28. The Bertz CT molecular complexity index is 1040. The molecule has 2 aromatic rings. The van der Waals surface area contributed by atoms with Gasteiger partial charge in [0.05, 0.1) is 11.1 Å². The summed E-state index contributed by atoms with van der Waals surface area (Å²) in [6.07, 6.45) is -0.0401. The van der Waals surface area contributed by atoms with Crippen LogP contribution >= 0.6 is 11.6 Å². The van der Waals surface area contributed by atoms with Crippen molar-refractivity contribution in [1.29, 1.82) is 0 Å². The number of halogens is 4. The van der Waals surface area contributed by atoms with Gasteiger partial charge in [0.25, 0.3) is 10.2 Å². The molecule has 2 N–H and O–H groups in total. The number of nitrogens with one attached hydrogen (secondary N) is 2. The van der Waals surface area contributed by atoms with Crippen molar-refractivity contribution in [3.8, 4) is 0 Å². The van der Waals surface area contributed by atoms with Crippen molar-refractivity contribution in [2.45, 2.75) is 18.5 Å². The maximum Gasteiger partial charge on any atom is 0.280 e. The van der Waals surface area contributed by atoms with Crippen LogP contribution in [-0.4, -0.2) is 31.7 Å². The fourth-order valence-electron chi connectivity index (χ4n) is 2.86. The Hall–Kier alpha value is -2.14. The van der Waals surface area contributed by atoms with E-state index in [2.05, 4.69) is 10.0 Å². The van der Waals surface area contributed by atoms with Gasteiger partial charge in [-0.25, -0.2) is 13.2 Å². The minimum atomic E-state index is -4.06. The largest absolute Gasteiger partial charge is 0.325 e. The number of benzene rings is 2. The van der Waals surface area contributed by atoms with E-state index in [9.17, 15) is 26.4 Å². The summed E-state index contributed by atoms with van der Waals surface area (Å²) >= 11 is 5.68. The third kappa shape index (κ3) is 4.14. The van der Waals surface area contributed by atoms with Gasteiger partial charge >= 0.3 is 0 Å². The third-order valence-corrected chi connectivity index (χ3v) is 6.29. The molecule has 0 aliphatic carbocycles. The molecule has 150 valence electrons. The van der Waals surface area contributed by atoms with Crippen LogP contribution in [0.1, 0.15) is 18.0 Å². The molecule has 0 spiro atoms. The highest BCUT2D eigenvalue weighted by Gasteiger charge is 2.40. The van der Waals surface area contributed by atoms with Crippen molar-refractivity contribution < 1.29 is 26.4 Å². The molecule has 0 bridgehead atoms. The van der Waals surface area contributed by atoms with E-state index in [0.29, 0.717) is 0 Å². The normalized spacial score (nSPS) is 22.0. The highest BCUT2D eigenvalue weighted by molar-refractivity contribution is 7.87. The van der Waals surface area contributed by atoms with Crippen LogP contribution in [0.5, 0.6) is 0 Å². The Kier molecular flexibility index (Phi) is 5.67.